The van der Waals surface area contributed by atoms with Gasteiger partial charge in [0.25, 0.3) is 5.91 Å². The first-order valence-electron chi connectivity index (χ1n) is 9.24. The molecule has 3 N–H and O–H groups in total. The van der Waals surface area contributed by atoms with Gasteiger partial charge in [0.1, 0.15) is 6.04 Å². The lowest BCUT2D eigenvalue weighted by Crippen LogP contribution is -2.44. The Labute approximate surface area is 163 Å². The SMILES string of the molecule is CCONC(CSC/C=C(\C)CC/C=C(\C)CCC=C(C)C)C(=O)NO. The molecule has 0 saturated heterocycles. The normalized spacial score (nSPS) is 13.5. The lowest BCUT2D eigenvalue weighted by molar-refractivity contribution is -0.134. The topological polar surface area (TPSA) is 70.6 Å². The minimum Gasteiger partial charge on any atom is -0.301 e. The van der Waals surface area contributed by atoms with Crippen LogP contribution in [0.4, 0.5) is 0 Å². The molecule has 0 aromatic rings. The zero-order chi connectivity index (χ0) is 19.8. The van der Waals surface area contributed by atoms with Crippen LogP contribution in [0, 0.1) is 0 Å². The number of thioether (sulfide) groups is 1. The molecule has 0 heterocycles. The van der Waals surface area contributed by atoms with Crippen LogP contribution in [0.1, 0.15) is 60.3 Å². The van der Waals surface area contributed by atoms with E-state index in [0.29, 0.717) is 12.4 Å². The van der Waals surface area contributed by atoms with Gasteiger partial charge in [0.15, 0.2) is 0 Å². The second-order valence-electron chi connectivity index (χ2n) is 6.58. The summed E-state index contributed by atoms with van der Waals surface area (Å²) in [5, 5.41) is 8.75. The minimum atomic E-state index is -0.565. The van der Waals surface area contributed by atoms with Crippen LogP contribution in [0.2, 0.25) is 0 Å². The molecule has 0 aliphatic carbocycles. The Balaban J connectivity index is 4.08. The van der Waals surface area contributed by atoms with E-state index in [1.54, 1.807) is 17.2 Å². The summed E-state index contributed by atoms with van der Waals surface area (Å²) in [6.45, 7) is 10.9. The highest BCUT2D eigenvalue weighted by Gasteiger charge is 2.17. The van der Waals surface area contributed by atoms with Crippen LogP contribution in [-0.2, 0) is 9.63 Å². The molecular weight excluding hydrogens is 348 g/mol. The molecule has 0 aliphatic rings. The van der Waals surface area contributed by atoms with Crippen LogP contribution in [0.15, 0.2) is 34.9 Å². The lowest BCUT2D eigenvalue weighted by atomic mass is 10.1. The van der Waals surface area contributed by atoms with Crippen molar-refractivity contribution in [2.75, 3.05) is 18.1 Å². The second-order valence-corrected chi connectivity index (χ2v) is 7.65. The molecule has 0 aromatic heterocycles. The predicted octanol–water partition coefficient (Wildman–Crippen LogP) is 4.55. The molecular formula is C20H36N2O3S. The Bertz CT molecular complexity index is 483. The first-order chi connectivity index (χ1) is 12.4. The molecule has 5 nitrogen and oxygen atoms in total. The maximum absolute atomic E-state index is 11.5. The maximum Gasteiger partial charge on any atom is 0.263 e. The number of carbonyl (C=O) groups is 1. The van der Waals surface area contributed by atoms with Crippen molar-refractivity contribution in [3.05, 3.63) is 34.9 Å². The van der Waals surface area contributed by atoms with Crippen LogP contribution in [-0.4, -0.2) is 35.3 Å². The number of carbonyl (C=O) groups excluding carboxylic acids is 1. The number of allylic oxidation sites excluding steroid dienone is 5. The van der Waals surface area contributed by atoms with Gasteiger partial charge < -0.3 is 4.84 Å². The number of hydroxylamine groups is 2. The molecule has 0 radical (unpaired) electrons. The smallest absolute Gasteiger partial charge is 0.263 e. The van der Waals surface area contributed by atoms with Crippen LogP contribution < -0.4 is 11.0 Å². The molecule has 0 spiro atoms. The van der Waals surface area contributed by atoms with Crippen molar-refractivity contribution < 1.29 is 14.8 Å². The summed E-state index contributed by atoms with van der Waals surface area (Å²) < 4.78 is 0. The second kappa shape index (κ2) is 16.1. The van der Waals surface area contributed by atoms with Crippen LogP contribution in [0.25, 0.3) is 0 Å². The monoisotopic (exact) mass is 384 g/mol. The van der Waals surface area contributed by atoms with Crippen molar-refractivity contribution in [2.45, 2.75) is 66.3 Å². The average molecular weight is 385 g/mol. The van der Waals surface area contributed by atoms with Gasteiger partial charge in [-0.05, 0) is 60.3 Å². The number of hydrogen-bond acceptors (Lipinski definition) is 5. The number of nitrogens with one attached hydrogen (secondary N) is 2. The zero-order valence-electron chi connectivity index (χ0n) is 16.9. The van der Waals surface area contributed by atoms with E-state index in [4.69, 9.17) is 10.0 Å². The average Bonchev–Trinajstić information content (AvgIpc) is 2.60. The summed E-state index contributed by atoms with van der Waals surface area (Å²) in [5.41, 5.74) is 8.50. The van der Waals surface area contributed by atoms with Crippen molar-refractivity contribution in [3.8, 4) is 0 Å². The Hall–Kier alpha value is -1.08. The third kappa shape index (κ3) is 14.1. The molecule has 26 heavy (non-hydrogen) atoms. The summed E-state index contributed by atoms with van der Waals surface area (Å²) in [4.78, 5) is 16.6. The predicted molar refractivity (Wildman–Crippen MR) is 111 cm³/mol. The van der Waals surface area contributed by atoms with Crippen molar-refractivity contribution in [1.29, 1.82) is 0 Å². The summed E-state index contributed by atoms with van der Waals surface area (Å²) in [5.74, 6) is 0.873. The molecule has 6 heteroatoms. The Morgan fingerprint density at radius 3 is 2.27 bits per heavy atom. The summed E-state index contributed by atoms with van der Waals surface area (Å²) >= 11 is 1.62. The third-order valence-electron chi connectivity index (χ3n) is 3.75. The van der Waals surface area contributed by atoms with Gasteiger partial charge in [0, 0.05) is 11.5 Å². The molecule has 1 amide bonds. The van der Waals surface area contributed by atoms with Crippen molar-refractivity contribution >= 4 is 17.7 Å². The zero-order valence-corrected chi connectivity index (χ0v) is 17.7. The summed E-state index contributed by atoms with van der Waals surface area (Å²) in [6, 6.07) is -0.565. The first-order valence-corrected chi connectivity index (χ1v) is 10.4. The maximum atomic E-state index is 11.5. The van der Waals surface area contributed by atoms with E-state index in [0.717, 1.165) is 31.4 Å². The van der Waals surface area contributed by atoms with E-state index in [1.165, 1.54) is 16.7 Å². The number of hydrogen-bond donors (Lipinski definition) is 3. The first kappa shape index (κ1) is 24.9. The van der Waals surface area contributed by atoms with Gasteiger partial charge in [0.05, 0.1) is 6.61 Å². The number of amides is 1. The van der Waals surface area contributed by atoms with E-state index in [1.807, 2.05) is 6.92 Å². The van der Waals surface area contributed by atoms with Gasteiger partial charge in [-0.25, -0.2) is 5.48 Å². The van der Waals surface area contributed by atoms with E-state index in [-0.39, 0.29) is 0 Å². The van der Waals surface area contributed by atoms with Crippen molar-refractivity contribution in [1.82, 2.24) is 11.0 Å². The van der Waals surface area contributed by atoms with Gasteiger partial charge in [0.2, 0.25) is 0 Å². The highest BCUT2D eigenvalue weighted by molar-refractivity contribution is 7.99. The van der Waals surface area contributed by atoms with E-state index < -0.39 is 11.9 Å². The van der Waals surface area contributed by atoms with E-state index in [2.05, 4.69) is 51.4 Å². The molecule has 0 aliphatic heterocycles. The van der Waals surface area contributed by atoms with Crippen molar-refractivity contribution in [3.63, 3.8) is 0 Å². The summed E-state index contributed by atoms with van der Waals surface area (Å²) in [6.07, 6.45) is 11.2. The minimum absolute atomic E-state index is 0.458. The Kier molecular flexibility index (Phi) is 15.5. The molecule has 0 fully saturated rings. The fourth-order valence-corrected chi connectivity index (χ4v) is 3.14. The van der Waals surface area contributed by atoms with Crippen molar-refractivity contribution in [2.24, 2.45) is 0 Å². The largest absolute Gasteiger partial charge is 0.301 e. The molecule has 0 rings (SSSR count). The van der Waals surface area contributed by atoms with Crippen LogP contribution in [0.3, 0.4) is 0 Å². The molecule has 150 valence electrons. The van der Waals surface area contributed by atoms with Crippen LogP contribution in [0.5, 0.6) is 0 Å². The number of rotatable bonds is 14. The van der Waals surface area contributed by atoms with Crippen LogP contribution >= 0.6 is 11.8 Å². The molecule has 0 aromatic carbocycles. The standard InChI is InChI=1S/C20H36N2O3S/c1-6-25-22-19(20(23)21-24)15-26-14-13-18(5)12-8-11-17(4)10-7-9-16(2)3/h9,11,13,19,22,24H,6-8,10,12,14-15H2,1-5H3,(H,21,23)/b17-11+,18-13+. The quantitative estimate of drug-likeness (QED) is 0.177. The summed E-state index contributed by atoms with van der Waals surface area (Å²) in [7, 11) is 0. The third-order valence-corrected chi connectivity index (χ3v) is 4.72. The fourth-order valence-electron chi connectivity index (χ4n) is 2.15. The molecule has 0 bridgehead atoms. The highest BCUT2D eigenvalue weighted by Crippen LogP contribution is 2.13. The van der Waals surface area contributed by atoms with Gasteiger partial charge >= 0.3 is 0 Å². The van der Waals surface area contributed by atoms with Gasteiger partial charge in [-0.2, -0.15) is 17.2 Å². The fraction of sp³-hybridized carbons (Fsp3) is 0.650. The Morgan fingerprint density at radius 2 is 1.69 bits per heavy atom. The highest BCUT2D eigenvalue weighted by atomic mass is 32.2. The molecule has 0 saturated carbocycles. The van der Waals surface area contributed by atoms with E-state index in [9.17, 15) is 4.79 Å². The molecule has 1 unspecified atom stereocenters. The van der Waals surface area contributed by atoms with Gasteiger partial charge in [-0.1, -0.05) is 34.9 Å². The Morgan fingerprint density at radius 1 is 1.08 bits per heavy atom. The van der Waals surface area contributed by atoms with Gasteiger partial charge in [-0.3, -0.25) is 10.0 Å². The van der Waals surface area contributed by atoms with Gasteiger partial charge in [-0.15, -0.1) is 0 Å². The lowest BCUT2D eigenvalue weighted by Gasteiger charge is -2.15. The molecule has 1 atom stereocenters. The van der Waals surface area contributed by atoms with E-state index >= 15 is 0 Å².